The predicted octanol–water partition coefficient (Wildman–Crippen LogP) is 5.21. The number of aryl methyl sites for hydroxylation is 1. The number of hydrogen-bond donors (Lipinski definition) is 1. The van der Waals surface area contributed by atoms with Gasteiger partial charge >= 0.3 is 0 Å². The first-order valence-electron chi connectivity index (χ1n) is 7.67. The monoisotopic (exact) mass is 323 g/mol. The molecule has 1 aromatic rings. The lowest BCUT2D eigenvalue weighted by Gasteiger charge is -2.29. The Bertz CT molecular complexity index is 394. The molecule has 0 radical (unpaired) electrons. The first-order chi connectivity index (χ1) is 9.19. The van der Waals surface area contributed by atoms with Gasteiger partial charge in [-0.05, 0) is 55.7 Å². The van der Waals surface area contributed by atoms with Crippen molar-refractivity contribution in [1.82, 2.24) is 5.32 Å². The highest BCUT2D eigenvalue weighted by Crippen LogP contribution is 2.28. The second-order valence-corrected chi connectivity index (χ2v) is 6.83. The van der Waals surface area contributed by atoms with Crippen molar-refractivity contribution < 1.29 is 0 Å². The summed E-state index contributed by atoms with van der Waals surface area (Å²) in [6.07, 6.45) is 8.34. The Morgan fingerprint density at radius 1 is 1.21 bits per heavy atom. The van der Waals surface area contributed by atoms with Gasteiger partial charge in [0, 0.05) is 17.1 Å². The van der Waals surface area contributed by atoms with E-state index in [2.05, 4.69) is 53.3 Å². The molecule has 0 unspecified atom stereocenters. The maximum absolute atomic E-state index is 3.73. The molecule has 1 N–H and O–H groups in total. The molecular formula is C17H26BrN. The summed E-state index contributed by atoms with van der Waals surface area (Å²) in [6.45, 7) is 5.47. The van der Waals surface area contributed by atoms with E-state index in [1.807, 2.05) is 0 Å². The highest BCUT2D eigenvalue weighted by molar-refractivity contribution is 9.10. The summed E-state index contributed by atoms with van der Waals surface area (Å²) in [4.78, 5) is 0. The van der Waals surface area contributed by atoms with Crippen molar-refractivity contribution in [1.29, 1.82) is 0 Å². The van der Waals surface area contributed by atoms with Gasteiger partial charge in [0.15, 0.2) is 0 Å². The summed E-state index contributed by atoms with van der Waals surface area (Å²) in [5.41, 5.74) is 2.72. The average molecular weight is 324 g/mol. The molecule has 0 atom stereocenters. The van der Waals surface area contributed by atoms with Gasteiger partial charge in [0.05, 0.1) is 0 Å². The van der Waals surface area contributed by atoms with Gasteiger partial charge in [-0.15, -0.1) is 0 Å². The van der Waals surface area contributed by atoms with Crippen molar-refractivity contribution in [2.24, 2.45) is 5.92 Å². The van der Waals surface area contributed by atoms with Gasteiger partial charge in [-0.25, -0.2) is 0 Å². The van der Waals surface area contributed by atoms with Gasteiger partial charge in [0.1, 0.15) is 0 Å². The van der Waals surface area contributed by atoms with E-state index in [9.17, 15) is 0 Å². The fourth-order valence-corrected chi connectivity index (χ4v) is 3.39. The minimum atomic E-state index is 0.733. The smallest absolute Gasteiger partial charge is 0.0208 e. The lowest BCUT2D eigenvalue weighted by molar-refractivity contribution is 0.277. The van der Waals surface area contributed by atoms with Crippen LogP contribution in [0, 0.1) is 12.8 Å². The van der Waals surface area contributed by atoms with E-state index in [1.165, 1.54) is 54.1 Å². The maximum Gasteiger partial charge on any atom is 0.0208 e. The zero-order valence-electron chi connectivity index (χ0n) is 12.2. The van der Waals surface area contributed by atoms with E-state index < -0.39 is 0 Å². The van der Waals surface area contributed by atoms with Crippen molar-refractivity contribution in [3.63, 3.8) is 0 Å². The number of rotatable bonds is 5. The molecule has 19 heavy (non-hydrogen) atoms. The second kappa shape index (κ2) is 7.44. The van der Waals surface area contributed by atoms with E-state index in [-0.39, 0.29) is 0 Å². The molecule has 0 bridgehead atoms. The van der Waals surface area contributed by atoms with E-state index in [4.69, 9.17) is 0 Å². The van der Waals surface area contributed by atoms with Crippen molar-refractivity contribution in [3.8, 4) is 0 Å². The van der Waals surface area contributed by atoms with Crippen LogP contribution in [-0.4, -0.2) is 6.04 Å². The highest BCUT2D eigenvalue weighted by Gasteiger charge is 2.19. The fraction of sp³-hybridized carbons (Fsp3) is 0.647. The summed E-state index contributed by atoms with van der Waals surface area (Å²) in [5, 5.41) is 3.73. The standard InChI is InChI=1S/C17H26BrN/c1-3-4-14-5-8-16(9-6-14)19-12-15-7-10-17(18)13(2)11-15/h7,10-11,14,16,19H,3-6,8-9,12H2,1-2H3. The van der Waals surface area contributed by atoms with E-state index in [0.29, 0.717) is 0 Å². The van der Waals surface area contributed by atoms with Crippen LogP contribution in [0.25, 0.3) is 0 Å². The summed E-state index contributed by atoms with van der Waals surface area (Å²) in [7, 11) is 0. The molecule has 0 aromatic heterocycles. The molecule has 1 nitrogen and oxygen atoms in total. The number of hydrogen-bond acceptors (Lipinski definition) is 1. The first kappa shape index (κ1) is 15.1. The molecule has 0 aliphatic heterocycles. The maximum atomic E-state index is 3.73. The average Bonchev–Trinajstić information content (AvgIpc) is 2.42. The third-order valence-corrected chi connectivity index (χ3v) is 5.25. The molecule has 0 amide bonds. The second-order valence-electron chi connectivity index (χ2n) is 5.97. The quantitative estimate of drug-likeness (QED) is 0.784. The Morgan fingerprint density at radius 2 is 1.95 bits per heavy atom. The fourth-order valence-electron chi connectivity index (χ4n) is 3.14. The van der Waals surface area contributed by atoms with Gasteiger partial charge in [-0.1, -0.05) is 47.8 Å². The van der Waals surface area contributed by atoms with Crippen LogP contribution in [0.15, 0.2) is 22.7 Å². The molecule has 1 aliphatic carbocycles. The van der Waals surface area contributed by atoms with Gasteiger partial charge in [-0.3, -0.25) is 0 Å². The molecule has 0 saturated heterocycles. The van der Waals surface area contributed by atoms with Crippen LogP contribution in [0.3, 0.4) is 0 Å². The molecule has 2 rings (SSSR count). The van der Waals surface area contributed by atoms with Crippen LogP contribution < -0.4 is 5.32 Å². The lowest BCUT2D eigenvalue weighted by atomic mass is 9.83. The van der Waals surface area contributed by atoms with Gasteiger partial charge in [0.25, 0.3) is 0 Å². The van der Waals surface area contributed by atoms with Crippen LogP contribution in [0.1, 0.15) is 56.6 Å². The summed E-state index contributed by atoms with van der Waals surface area (Å²) in [5.74, 6) is 0.998. The zero-order valence-corrected chi connectivity index (χ0v) is 13.8. The van der Waals surface area contributed by atoms with Crippen molar-refractivity contribution >= 4 is 15.9 Å². The Labute approximate surface area is 126 Å². The van der Waals surface area contributed by atoms with Crippen LogP contribution >= 0.6 is 15.9 Å². The molecule has 1 saturated carbocycles. The predicted molar refractivity (Wildman–Crippen MR) is 86.4 cm³/mol. The Balaban J connectivity index is 1.75. The van der Waals surface area contributed by atoms with E-state index in [0.717, 1.165) is 18.5 Å². The lowest BCUT2D eigenvalue weighted by Crippen LogP contribution is -2.32. The Kier molecular flexibility index (Phi) is 5.90. The van der Waals surface area contributed by atoms with E-state index >= 15 is 0 Å². The van der Waals surface area contributed by atoms with Crippen molar-refractivity contribution in [2.45, 2.75) is 65.0 Å². The van der Waals surface area contributed by atoms with Gasteiger partial charge in [-0.2, -0.15) is 0 Å². The molecule has 0 spiro atoms. The van der Waals surface area contributed by atoms with Gasteiger partial charge in [0.2, 0.25) is 0 Å². The van der Waals surface area contributed by atoms with Crippen molar-refractivity contribution in [2.75, 3.05) is 0 Å². The third kappa shape index (κ3) is 4.61. The molecule has 2 heteroatoms. The van der Waals surface area contributed by atoms with E-state index in [1.54, 1.807) is 0 Å². The minimum Gasteiger partial charge on any atom is -0.310 e. The molecule has 106 valence electrons. The molecule has 1 aliphatic rings. The summed E-state index contributed by atoms with van der Waals surface area (Å²) in [6, 6.07) is 7.38. The summed E-state index contributed by atoms with van der Waals surface area (Å²) >= 11 is 3.56. The number of nitrogens with one attached hydrogen (secondary N) is 1. The summed E-state index contributed by atoms with van der Waals surface area (Å²) < 4.78 is 1.20. The van der Waals surface area contributed by atoms with Crippen LogP contribution in [-0.2, 0) is 6.54 Å². The highest BCUT2D eigenvalue weighted by atomic mass is 79.9. The molecule has 1 aromatic carbocycles. The van der Waals surface area contributed by atoms with Crippen LogP contribution in [0.2, 0.25) is 0 Å². The molecular weight excluding hydrogens is 298 g/mol. The number of halogens is 1. The largest absolute Gasteiger partial charge is 0.310 e. The Hall–Kier alpha value is -0.340. The minimum absolute atomic E-state index is 0.733. The number of benzene rings is 1. The third-order valence-electron chi connectivity index (χ3n) is 4.36. The zero-order chi connectivity index (χ0) is 13.7. The first-order valence-corrected chi connectivity index (χ1v) is 8.46. The SMILES string of the molecule is CCCC1CCC(NCc2ccc(Br)c(C)c2)CC1. The molecule has 1 fully saturated rings. The van der Waals surface area contributed by atoms with Gasteiger partial charge < -0.3 is 5.32 Å². The van der Waals surface area contributed by atoms with Crippen molar-refractivity contribution in [3.05, 3.63) is 33.8 Å². The molecule has 0 heterocycles. The Morgan fingerprint density at radius 3 is 2.58 bits per heavy atom. The topological polar surface area (TPSA) is 12.0 Å². The normalized spacial score (nSPS) is 23.5. The van der Waals surface area contributed by atoms with Crippen LogP contribution in [0.4, 0.5) is 0 Å². The van der Waals surface area contributed by atoms with Crippen LogP contribution in [0.5, 0.6) is 0 Å².